The van der Waals surface area contributed by atoms with Gasteiger partial charge in [-0.3, -0.25) is 14.4 Å². The van der Waals surface area contributed by atoms with E-state index in [-0.39, 0.29) is 58.6 Å². The van der Waals surface area contributed by atoms with Crippen molar-refractivity contribution in [1.29, 1.82) is 0 Å². The minimum absolute atomic E-state index is 0.108. The topological polar surface area (TPSA) is 225 Å². The molecule has 0 radical (unpaired) electrons. The minimum atomic E-state index is -1.25. The van der Waals surface area contributed by atoms with Gasteiger partial charge in [0.2, 0.25) is 11.8 Å². The molecule has 0 aromatic carbocycles. The van der Waals surface area contributed by atoms with Crippen molar-refractivity contribution in [2.75, 3.05) is 70.9 Å². The fraction of sp³-hybridized carbons (Fsp3) is 0.853. The Kier molecular flexibility index (Phi) is 32.9. The van der Waals surface area contributed by atoms with Crippen molar-refractivity contribution in [2.24, 2.45) is 5.73 Å². The highest BCUT2D eigenvalue weighted by atomic mass is 32.2. The molecule has 0 saturated heterocycles. The van der Waals surface area contributed by atoms with Crippen molar-refractivity contribution in [3.63, 3.8) is 0 Å². The summed E-state index contributed by atoms with van der Waals surface area (Å²) < 4.78 is 20.7. The molecule has 0 aromatic heterocycles. The molecule has 0 spiro atoms. The first-order valence-corrected chi connectivity index (χ1v) is 19.3. The molecule has 0 aliphatic heterocycles. The highest BCUT2D eigenvalue weighted by Crippen LogP contribution is 2.13. The number of urea groups is 1. The van der Waals surface area contributed by atoms with Crippen molar-refractivity contribution in [3.8, 4) is 0 Å². The number of carbonyl (C=O) groups excluding carboxylic acids is 4. The van der Waals surface area contributed by atoms with Gasteiger partial charge in [-0.1, -0.05) is 84.0 Å². The number of amides is 4. The van der Waals surface area contributed by atoms with Crippen LogP contribution < -0.4 is 21.7 Å². The molecule has 4 amide bonds. The fourth-order valence-electron chi connectivity index (χ4n) is 4.75. The lowest BCUT2D eigenvalue weighted by atomic mass is 10.0. The molecule has 0 saturated carbocycles. The Morgan fingerprint density at radius 2 is 1.24 bits per heavy atom. The molecule has 7 N–H and O–H groups in total. The third-order valence-corrected chi connectivity index (χ3v) is 8.47. The van der Waals surface area contributed by atoms with Crippen LogP contribution in [0.3, 0.4) is 0 Å². The molecule has 0 fully saturated rings. The van der Waals surface area contributed by atoms with Crippen molar-refractivity contribution in [1.82, 2.24) is 16.0 Å². The number of unbranched alkanes of at least 4 members (excludes halogenated alkanes) is 12. The Hall–Kier alpha value is -2.66. The summed E-state index contributed by atoms with van der Waals surface area (Å²) in [6, 6.07) is -3.19. The SMILES string of the molecule is CCCCCCCCCCCCCCCC(=O)OCCSCCC(NC(N)=O)C(=O)NC(CO)C(=O)NCCOCCOCCOCC(=O)O. The summed E-state index contributed by atoms with van der Waals surface area (Å²) in [6.45, 7) is 2.51. The van der Waals surface area contributed by atoms with Gasteiger partial charge in [-0.25, -0.2) is 9.59 Å². The summed E-state index contributed by atoms with van der Waals surface area (Å²) in [5.74, 6) is -1.62. The number of hydrogen-bond donors (Lipinski definition) is 6. The number of aliphatic carboxylic acids is 1. The first kappa shape index (κ1) is 47.3. The van der Waals surface area contributed by atoms with Crippen LogP contribution in [0.1, 0.15) is 103 Å². The van der Waals surface area contributed by atoms with E-state index in [0.717, 1.165) is 19.3 Å². The van der Waals surface area contributed by atoms with E-state index in [1.807, 2.05) is 0 Å². The first-order chi connectivity index (χ1) is 24.2. The predicted octanol–water partition coefficient (Wildman–Crippen LogP) is 2.90. The summed E-state index contributed by atoms with van der Waals surface area (Å²) >= 11 is 1.44. The molecule has 0 bridgehead atoms. The molecule has 292 valence electrons. The lowest BCUT2D eigenvalue weighted by Gasteiger charge is -2.21. The van der Waals surface area contributed by atoms with Crippen molar-refractivity contribution >= 4 is 41.5 Å². The molecular weight excluding hydrogens is 672 g/mol. The van der Waals surface area contributed by atoms with Gasteiger partial charge in [0.05, 0.1) is 39.6 Å². The van der Waals surface area contributed by atoms with E-state index in [2.05, 4.69) is 22.9 Å². The number of nitrogens with one attached hydrogen (secondary N) is 3. The number of ether oxygens (including phenoxy) is 4. The van der Waals surface area contributed by atoms with Crippen LogP contribution in [0.25, 0.3) is 0 Å². The number of esters is 1. The van der Waals surface area contributed by atoms with Crippen LogP contribution in [0.2, 0.25) is 0 Å². The molecule has 0 rings (SSSR count). The summed E-state index contributed by atoms with van der Waals surface area (Å²) in [5, 5.41) is 25.4. The average molecular weight is 737 g/mol. The molecule has 0 aromatic rings. The fourth-order valence-corrected chi connectivity index (χ4v) is 5.56. The highest BCUT2D eigenvalue weighted by Gasteiger charge is 2.25. The predicted molar refractivity (Wildman–Crippen MR) is 192 cm³/mol. The lowest BCUT2D eigenvalue weighted by molar-refractivity contribution is -0.143. The molecular formula is C34H64N4O11S. The summed E-state index contributed by atoms with van der Waals surface area (Å²) in [6.07, 6.45) is 16.8. The number of nitrogens with two attached hydrogens (primary N) is 1. The number of primary amides is 1. The summed E-state index contributed by atoms with van der Waals surface area (Å²) in [7, 11) is 0. The number of aliphatic hydroxyl groups is 1. The molecule has 16 heteroatoms. The second-order valence-corrected chi connectivity index (χ2v) is 13.1. The zero-order chi connectivity index (χ0) is 37.1. The largest absolute Gasteiger partial charge is 0.480 e. The third-order valence-electron chi connectivity index (χ3n) is 7.49. The van der Waals surface area contributed by atoms with Crippen LogP contribution in [0.4, 0.5) is 4.79 Å². The Morgan fingerprint density at radius 3 is 1.80 bits per heavy atom. The number of rotatable bonds is 36. The van der Waals surface area contributed by atoms with Gasteiger partial charge in [0.1, 0.15) is 25.3 Å². The number of carboxylic acid groups (broad SMARTS) is 1. The van der Waals surface area contributed by atoms with E-state index >= 15 is 0 Å². The van der Waals surface area contributed by atoms with Gasteiger partial charge in [-0.15, -0.1) is 0 Å². The molecule has 15 nitrogen and oxygen atoms in total. The molecule has 0 aliphatic rings. The van der Waals surface area contributed by atoms with E-state index in [1.54, 1.807) is 0 Å². The van der Waals surface area contributed by atoms with E-state index in [9.17, 15) is 29.1 Å². The van der Waals surface area contributed by atoms with E-state index in [1.165, 1.54) is 76.0 Å². The monoisotopic (exact) mass is 736 g/mol. The van der Waals surface area contributed by atoms with Gasteiger partial charge < -0.3 is 50.8 Å². The van der Waals surface area contributed by atoms with Gasteiger partial charge in [0, 0.05) is 18.7 Å². The number of carbonyl (C=O) groups is 5. The number of aliphatic hydroxyl groups excluding tert-OH is 1. The third kappa shape index (κ3) is 31.3. The molecule has 0 aliphatic carbocycles. The van der Waals surface area contributed by atoms with Gasteiger partial charge >= 0.3 is 18.0 Å². The zero-order valence-corrected chi connectivity index (χ0v) is 30.9. The smallest absolute Gasteiger partial charge is 0.329 e. The second-order valence-electron chi connectivity index (χ2n) is 11.9. The Balaban J connectivity index is 4.02. The van der Waals surface area contributed by atoms with Crippen LogP contribution in [-0.2, 0) is 38.1 Å². The Bertz CT molecular complexity index is 901. The van der Waals surface area contributed by atoms with Gasteiger partial charge in [-0.2, -0.15) is 11.8 Å². The summed E-state index contributed by atoms with van der Waals surface area (Å²) in [4.78, 5) is 59.1. The maximum Gasteiger partial charge on any atom is 0.329 e. The van der Waals surface area contributed by atoms with Crippen molar-refractivity contribution in [2.45, 2.75) is 115 Å². The Morgan fingerprint density at radius 1 is 0.680 bits per heavy atom. The van der Waals surface area contributed by atoms with E-state index < -0.39 is 49.1 Å². The highest BCUT2D eigenvalue weighted by molar-refractivity contribution is 7.99. The maximum atomic E-state index is 12.8. The van der Waals surface area contributed by atoms with Crippen LogP contribution in [0, 0.1) is 0 Å². The maximum absolute atomic E-state index is 12.8. The normalized spacial score (nSPS) is 12.2. The van der Waals surface area contributed by atoms with Crippen LogP contribution in [-0.4, -0.2) is 123 Å². The second kappa shape index (κ2) is 34.8. The van der Waals surface area contributed by atoms with Crippen molar-refractivity contribution in [3.05, 3.63) is 0 Å². The molecule has 0 heterocycles. The van der Waals surface area contributed by atoms with E-state index in [0.29, 0.717) is 17.9 Å². The molecule has 50 heavy (non-hydrogen) atoms. The first-order valence-electron chi connectivity index (χ1n) is 18.1. The van der Waals surface area contributed by atoms with E-state index in [4.69, 9.17) is 29.8 Å². The standard InChI is InChI=1S/C34H64N4O11S/c1-2-3-4-5-6-7-8-9-10-11-12-13-14-15-31(42)49-23-25-50-24-16-28(38-34(35)45)33(44)37-29(26-39)32(43)36-17-18-46-19-20-47-21-22-48-27-30(40)41/h28-29,39H,2-27H2,1H3,(H,36,43)(H,37,44)(H,40,41)(H3,35,38,45). The van der Waals surface area contributed by atoms with Crippen LogP contribution in [0.5, 0.6) is 0 Å². The van der Waals surface area contributed by atoms with Gasteiger partial charge in [0.15, 0.2) is 0 Å². The number of carboxylic acids is 1. The number of thioether (sulfide) groups is 1. The van der Waals surface area contributed by atoms with Crippen LogP contribution >= 0.6 is 11.8 Å². The Labute approximate surface area is 302 Å². The molecule has 2 atom stereocenters. The molecule has 2 unspecified atom stereocenters. The number of hydrogen-bond acceptors (Lipinski definition) is 11. The van der Waals surface area contributed by atoms with Gasteiger partial charge in [-0.05, 0) is 18.6 Å². The quantitative estimate of drug-likeness (QED) is 0.0404. The lowest BCUT2D eigenvalue weighted by Crippen LogP contribution is -2.56. The van der Waals surface area contributed by atoms with Gasteiger partial charge in [0.25, 0.3) is 0 Å². The minimum Gasteiger partial charge on any atom is -0.480 e. The van der Waals surface area contributed by atoms with Crippen LogP contribution in [0.15, 0.2) is 0 Å². The van der Waals surface area contributed by atoms with Crippen molar-refractivity contribution < 1.29 is 53.1 Å². The summed E-state index contributed by atoms with van der Waals surface area (Å²) in [5.41, 5.74) is 5.23. The average Bonchev–Trinajstić information content (AvgIpc) is 3.08. The zero-order valence-electron chi connectivity index (χ0n) is 30.1.